The quantitative estimate of drug-likeness (QED) is 0.563. The van der Waals surface area contributed by atoms with Crippen LogP contribution in [0.4, 0.5) is 0 Å². The maximum absolute atomic E-state index is 12.4. The highest BCUT2D eigenvalue weighted by Gasteiger charge is 2.70. The van der Waals surface area contributed by atoms with E-state index in [0.717, 1.165) is 6.42 Å². The molecular weight excluding hydrogens is 325 g/mol. The molecule has 0 radical (unpaired) electrons. The number of alkyl halides is 2. The Kier molecular flexibility index (Phi) is 3.42. The number of ketones is 1. The van der Waals surface area contributed by atoms with E-state index in [1.807, 2.05) is 6.92 Å². The Bertz CT molecular complexity index is 548. The smallest absolute Gasteiger partial charge is 0.284 e. The molecule has 5 nitrogen and oxygen atoms in total. The number of carbonyl (C=O) groups excluding carboxylic acids is 1. The van der Waals surface area contributed by atoms with Crippen molar-refractivity contribution in [3.8, 4) is 0 Å². The first kappa shape index (κ1) is 15.0. The Hall–Kier alpha value is 0.120. The van der Waals surface area contributed by atoms with Crippen LogP contribution in [0.1, 0.15) is 26.2 Å². The van der Waals surface area contributed by atoms with Gasteiger partial charge in [-0.3, -0.25) is 4.79 Å². The third kappa shape index (κ3) is 2.03. The molecule has 3 atom stereocenters. The van der Waals surface area contributed by atoms with Crippen molar-refractivity contribution < 1.29 is 17.5 Å². The van der Waals surface area contributed by atoms with Crippen LogP contribution in [-0.4, -0.2) is 42.9 Å². The molecule has 2 bridgehead atoms. The summed E-state index contributed by atoms with van der Waals surface area (Å²) in [6, 6.07) is 0. The van der Waals surface area contributed by atoms with Gasteiger partial charge in [-0.2, -0.15) is 17.8 Å². The molecule has 2 aliphatic carbocycles. The fourth-order valence-electron chi connectivity index (χ4n) is 3.85. The molecule has 0 amide bonds. The number of hydroxylamine groups is 2. The number of hydrogen-bond acceptors (Lipinski definition) is 5. The number of halogens is 2. The Morgan fingerprint density at radius 2 is 2.10 bits per heavy atom. The van der Waals surface area contributed by atoms with E-state index >= 15 is 0 Å². The summed E-state index contributed by atoms with van der Waals surface area (Å²) in [6.45, 7) is 3.05. The van der Waals surface area contributed by atoms with Gasteiger partial charge < -0.3 is 0 Å². The summed E-state index contributed by atoms with van der Waals surface area (Å²) in [4.78, 5) is 11.6. The molecule has 20 heavy (non-hydrogen) atoms. The van der Waals surface area contributed by atoms with Crippen LogP contribution in [0.2, 0.25) is 0 Å². The van der Waals surface area contributed by atoms with Crippen LogP contribution < -0.4 is 0 Å². The second-order valence-corrected chi connectivity index (χ2v) is 8.88. The third-order valence-electron chi connectivity index (χ3n) is 5.27. The van der Waals surface area contributed by atoms with Gasteiger partial charge in [0.15, 0.2) is 0 Å². The van der Waals surface area contributed by atoms with Gasteiger partial charge in [-0.05, 0) is 18.8 Å². The molecule has 114 valence electrons. The van der Waals surface area contributed by atoms with E-state index in [9.17, 15) is 13.2 Å². The molecule has 0 aromatic rings. The lowest BCUT2D eigenvalue weighted by Gasteiger charge is -2.39. The number of Topliss-reactive ketones (excluding diaryl/α,β-unsaturated/α-hetero) is 1. The number of hydrogen-bond donors (Lipinski definition) is 0. The molecule has 3 rings (SSSR count). The number of fused-ring (bicyclic) bond motifs is 2. The molecule has 0 spiro atoms. The molecule has 0 aromatic carbocycles. The van der Waals surface area contributed by atoms with Crippen molar-refractivity contribution in [3.63, 3.8) is 0 Å². The average Bonchev–Trinajstić information content (AvgIpc) is 3.05. The van der Waals surface area contributed by atoms with Crippen LogP contribution in [0.5, 0.6) is 0 Å². The second-order valence-electron chi connectivity index (χ2n) is 6.23. The molecular formula is C12H17Cl2NO4S. The van der Waals surface area contributed by atoms with Crippen LogP contribution in [0.3, 0.4) is 0 Å². The maximum Gasteiger partial charge on any atom is 0.284 e. The molecule has 8 heteroatoms. The molecule has 2 saturated carbocycles. The topological polar surface area (TPSA) is 63.5 Å². The zero-order valence-corrected chi connectivity index (χ0v) is 13.5. The van der Waals surface area contributed by atoms with Gasteiger partial charge >= 0.3 is 0 Å². The Balaban J connectivity index is 1.93. The van der Waals surface area contributed by atoms with Gasteiger partial charge in [0, 0.05) is 24.9 Å². The average molecular weight is 342 g/mol. The maximum atomic E-state index is 12.4. The molecule has 3 aliphatic rings. The molecule has 3 fully saturated rings. The van der Waals surface area contributed by atoms with E-state index in [4.69, 9.17) is 27.5 Å². The fourth-order valence-corrected chi connectivity index (χ4v) is 6.37. The molecule has 1 heterocycles. The van der Waals surface area contributed by atoms with E-state index in [1.54, 1.807) is 0 Å². The standard InChI is InChI=1S/C12H17Cl2NO4S/c1-11(10(13)14)8-2-3-12(11,9(16)6-8)7-20(17,18)19-15-4-5-15/h8,10H,2-7H2,1H3. The van der Waals surface area contributed by atoms with Gasteiger partial charge in [0.2, 0.25) is 0 Å². The molecule has 0 aromatic heterocycles. The van der Waals surface area contributed by atoms with Gasteiger partial charge in [-0.25, -0.2) is 0 Å². The summed E-state index contributed by atoms with van der Waals surface area (Å²) in [7, 11) is -3.80. The van der Waals surface area contributed by atoms with Gasteiger partial charge in [0.05, 0.1) is 11.2 Å². The zero-order valence-electron chi connectivity index (χ0n) is 11.1. The largest absolute Gasteiger partial charge is 0.299 e. The predicted octanol–water partition coefficient (Wildman–Crippen LogP) is 1.74. The summed E-state index contributed by atoms with van der Waals surface area (Å²) < 4.78 is 29.3. The highest BCUT2D eigenvalue weighted by Crippen LogP contribution is 2.67. The van der Waals surface area contributed by atoms with E-state index < -0.39 is 25.8 Å². The first-order valence-corrected chi connectivity index (χ1v) is 9.15. The lowest BCUT2D eigenvalue weighted by Crippen LogP contribution is -2.47. The second kappa shape index (κ2) is 4.56. The lowest BCUT2D eigenvalue weighted by molar-refractivity contribution is -0.128. The summed E-state index contributed by atoms with van der Waals surface area (Å²) in [5.74, 6) is -0.301. The van der Waals surface area contributed by atoms with Crippen LogP contribution in [0.15, 0.2) is 0 Å². The molecule has 0 N–H and O–H groups in total. The predicted molar refractivity (Wildman–Crippen MR) is 74.8 cm³/mol. The Labute approximate surface area is 128 Å². The highest BCUT2D eigenvalue weighted by molar-refractivity contribution is 7.86. The summed E-state index contributed by atoms with van der Waals surface area (Å²) in [6.07, 6.45) is 1.68. The minimum atomic E-state index is -3.80. The minimum absolute atomic E-state index is 0.0412. The van der Waals surface area contributed by atoms with Crippen LogP contribution in [-0.2, 0) is 19.2 Å². The van der Waals surface area contributed by atoms with Crippen molar-refractivity contribution >= 4 is 39.1 Å². The van der Waals surface area contributed by atoms with E-state index in [0.29, 0.717) is 25.9 Å². The zero-order chi connectivity index (χ0) is 14.8. The SMILES string of the molecule is CC1(C(Cl)Cl)C2CCC1(CS(=O)(=O)ON1CC1)C(=O)C2. The molecule has 1 aliphatic heterocycles. The number of nitrogens with zero attached hydrogens (tertiary/aromatic N) is 1. The molecule has 3 unspecified atom stereocenters. The Morgan fingerprint density at radius 3 is 2.60 bits per heavy atom. The number of rotatable bonds is 5. The first-order valence-electron chi connectivity index (χ1n) is 6.70. The van der Waals surface area contributed by atoms with Crippen molar-refractivity contribution in [2.24, 2.45) is 16.7 Å². The van der Waals surface area contributed by atoms with E-state index in [2.05, 4.69) is 0 Å². The highest BCUT2D eigenvalue weighted by atomic mass is 35.5. The normalized spacial score (nSPS) is 40.8. The van der Waals surface area contributed by atoms with Crippen molar-refractivity contribution in [2.45, 2.75) is 31.0 Å². The van der Waals surface area contributed by atoms with Gasteiger partial charge in [-0.15, -0.1) is 23.2 Å². The van der Waals surface area contributed by atoms with E-state index in [-0.39, 0.29) is 17.5 Å². The van der Waals surface area contributed by atoms with Gasteiger partial charge in [-0.1, -0.05) is 6.92 Å². The van der Waals surface area contributed by atoms with Gasteiger partial charge in [0.1, 0.15) is 10.6 Å². The van der Waals surface area contributed by atoms with Crippen molar-refractivity contribution in [1.29, 1.82) is 0 Å². The Morgan fingerprint density at radius 1 is 1.45 bits per heavy atom. The monoisotopic (exact) mass is 341 g/mol. The number of carbonyl (C=O) groups is 1. The van der Waals surface area contributed by atoms with Crippen molar-refractivity contribution in [1.82, 2.24) is 5.06 Å². The van der Waals surface area contributed by atoms with Crippen molar-refractivity contribution in [3.05, 3.63) is 0 Å². The minimum Gasteiger partial charge on any atom is -0.299 e. The van der Waals surface area contributed by atoms with E-state index in [1.165, 1.54) is 5.06 Å². The first-order chi connectivity index (χ1) is 9.21. The van der Waals surface area contributed by atoms with Crippen LogP contribution in [0, 0.1) is 16.7 Å². The lowest BCUT2D eigenvalue weighted by atomic mass is 9.70. The summed E-state index contributed by atoms with van der Waals surface area (Å²) in [5, 5.41) is 1.36. The van der Waals surface area contributed by atoms with Crippen molar-refractivity contribution in [2.75, 3.05) is 18.8 Å². The van der Waals surface area contributed by atoms with Gasteiger partial charge in [0.25, 0.3) is 10.1 Å². The molecule has 1 saturated heterocycles. The van der Waals surface area contributed by atoms with Crippen LogP contribution >= 0.6 is 23.2 Å². The fraction of sp³-hybridized carbons (Fsp3) is 0.917. The third-order valence-corrected chi connectivity index (χ3v) is 7.46. The van der Waals surface area contributed by atoms with Crippen LogP contribution in [0.25, 0.3) is 0 Å². The summed E-state index contributed by atoms with van der Waals surface area (Å²) in [5.41, 5.74) is -1.69. The summed E-state index contributed by atoms with van der Waals surface area (Å²) >= 11 is 12.2.